The standard InChI is InChI=1S/C18H24ClNO/c19-14-5-3-13(4-6-14)16-9-15-7-8-18(20-15)17(16)11-21-10-12-1-2-12/h3-6,12,15-18,20H,1-2,7-11H2/t15-,16+,17+,18+/m0/s1. The maximum atomic E-state index is 6.06. The second-order valence-corrected chi connectivity index (χ2v) is 7.52. The molecule has 0 amide bonds. The molecule has 4 rings (SSSR count). The van der Waals surface area contributed by atoms with Crippen LogP contribution in [0.3, 0.4) is 0 Å². The number of hydrogen-bond donors (Lipinski definition) is 1. The molecule has 3 aliphatic rings. The normalized spacial score (nSPS) is 35.1. The molecule has 1 aromatic rings. The van der Waals surface area contributed by atoms with E-state index in [1.165, 1.54) is 37.7 Å². The summed E-state index contributed by atoms with van der Waals surface area (Å²) in [6.45, 7) is 1.88. The van der Waals surface area contributed by atoms with Gasteiger partial charge in [0.25, 0.3) is 0 Å². The van der Waals surface area contributed by atoms with Crippen LogP contribution < -0.4 is 5.32 Å². The third-order valence-corrected chi connectivity index (χ3v) is 5.76. The summed E-state index contributed by atoms with van der Waals surface area (Å²) >= 11 is 6.05. The van der Waals surface area contributed by atoms with Crippen LogP contribution in [0.5, 0.6) is 0 Å². The minimum absolute atomic E-state index is 0.615. The molecule has 2 heterocycles. The maximum absolute atomic E-state index is 6.06. The molecule has 1 N–H and O–H groups in total. The van der Waals surface area contributed by atoms with Gasteiger partial charge in [0.05, 0.1) is 6.61 Å². The first-order valence-electron chi connectivity index (χ1n) is 8.39. The Morgan fingerprint density at radius 3 is 2.62 bits per heavy atom. The van der Waals surface area contributed by atoms with E-state index in [1.54, 1.807) is 0 Å². The molecule has 1 aromatic carbocycles. The highest BCUT2D eigenvalue weighted by molar-refractivity contribution is 6.30. The van der Waals surface area contributed by atoms with E-state index in [2.05, 4.69) is 17.4 Å². The fourth-order valence-corrected chi connectivity index (χ4v) is 4.24. The Balaban J connectivity index is 1.48. The second-order valence-electron chi connectivity index (χ2n) is 7.09. The van der Waals surface area contributed by atoms with Crippen LogP contribution in [0.2, 0.25) is 5.02 Å². The van der Waals surface area contributed by atoms with Crippen molar-refractivity contribution in [2.24, 2.45) is 11.8 Å². The van der Waals surface area contributed by atoms with Crippen LogP contribution in [0.4, 0.5) is 0 Å². The second kappa shape index (κ2) is 5.91. The Morgan fingerprint density at radius 1 is 1.05 bits per heavy atom. The lowest BCUT2D eigenvalue weighted by atomic mass is 9.77. The number of hydrogen-bond acceptors (Lipinski definition) is 2. The van der Waals surface area contributed by atoms with Crippen LogP contribution in [-0.4, -0.2) is 25.3 Å². The van der Waals surface area contributed by atoms with Gasteiger partial charge in [-0.15, -0.1) is 0 Å². The Kier molecular flexibility index (Phi) is 3.95. The number of ether oxygens (including phenoxy) is 1. The molecule has 2 aliphatic heterocycles. The van der Waals surface area contributed by atoms with Crippen molar-refractivity contribution in [1.82, 2.24) is 5.32 Å². The lowest BCUT2D eigenvalue weighted by Crippen LogP contribution is -2.46. The van der Waals surface area contributed by atoms with E-state index in [1.807, 2.05) is 12.1 Å². The van der Waals surface area contributed by atoms with E-state index in [0.717, 1.165) is 24.2 Å². The largest absolute Gasteiger partial charge is 0.381 e. The summed E-state index contributed by atoms with van der Waals surface area (Å²) in [5, 5.41) is 4.63. The third-order valence-electron chi connectivity index (χ3n) is 5.51. The zero-order valence-electron chi connectivity index (χ0n) is 12.4. The quantitative estimate of drug-likeness (QED) is 0.888. The number of benzene rings is 1. The third kappa shape index (κ3) is 3.13. The highest BCUT2D eigenvalue weighted by Crippen LogP contribution is 2.42. The summed E-state index contributed by atoms with van der Waals surface area (Å²) < 4.78 is 6.06. The molecule has 0 spiro atoms. The zero-order valence-corrected chi connectivity index (χ0v) is 13.2. The van der Waals surface area contributed by atoms with Crippen LogP contribution in [0.15, 0.2) is 24.3 Å². The molecule has 1 aliphatic carbocycles. The van der Waals surface area contributed by atoms with Gasteiger partial charge in [-0.25, -0.2) is 0 Å². The molecule has 3 heteroatoms. The van der Waals surface area contributed by atoms with Gasteiger partial charge in [0.1, 0.15) is 0 Å². The molecule has 21 heavy (non-hydrogen) atoms. The van der Waals surface area contributed by atoms with Crippen molar-refractivity contribution in [3.63, 3.8) is 0 Å². The van der Waals surface area contributed by atoms with Crippen LogP contribution >= 0.6 is 11.6 Å². The Hall–Kier alpha value is -0.570. The molecule has 0 radical (unpaired) electrons. The molecule has 2 nitrogen and oxygen atoms in total. The number of halogens is 1. The molecule has 4 atom stereocenters. The fourth-order valence-electron chi connectivity index (χ4n) is 4.12. The van der Waals surface area contributed by atoms with Gasteiger partial charge in [-0.05, 0) is 61.6 Å². The minimum Gasteiger partial charge on any atom is -0.381 e. The number of fused-ring (bicyclic) bond motifs is 2. The predicted molar refractivity (Wildman–Crippen MR) is 85.8 cm³/mol. The molecule has 2 saturated heterocycles. The molecule has 3 fully saturated rings. The number of piperidine rings is 1. The van der Waals surface area contributed by atoms with Crippen molar-refractivity contribution < 1.29 is 4.74 Å². The van der Waals surface area contributed by atoms with Crippen molar-refractivity contribution in [2.45, 2.75) is 50.1 Å². The van der Waals surface area contributed by atoms with Crippen molar-refractivity contribution in [1.29, 1.82) is 0 Å². The molecule has 0 unspecified atom stereocenters. The topological polar surface area (TPSA) is 21.3 Å². The molecule has 114 valence electrons. The van der Waals surface area contributed by atoms with Crippen LogP contribution in [0.1, 0.15) is 43.6 Å². The van der Waals surface area contributed by atoms with E-state index in [0.29, 0.717) is 23.9 Å². The number of nitrogens with one attached hydrogen (secondary N) is 1. The lowest BCUT2D eigenvalue weighted by Gasteiger charge is -2.38. The summed E-state index contributed by atoms with van der Waals surface area (Å²) in [6.07, 6.45) is 6.62. The van der Waals surface area contributed by atoms with E-state index < -0.39 is 0 Å². The molecule has 1 saturated carbocycles. The van der Waals surface area contributed by atoms with E-state index in [-0.39, 0.29) is 0 Å². The maximum Gasteiger partial charge on any atom is 0.0515 e. The molecular weight excluding hydrogens is 282 g/mol. The van der Waals surface area contributed by atoms with Gasteiger partial charge in [-0.1, -0.05) is 23.7 Å². The highest BCUT2D eigenvalue weighted by Gasteiger charge is 2.42. The monoisotopic (exact) mass is 305 g/mol. The average Bonchev–Trinajstić information content (AvgIpc) is 3.24. The van der Waals surface area contributed by atoms with Crippen molar-refractivity contribution in [3.8, 4) is 0 Å². The average molecular weight is 306 g/mol. The molecular formula is C18H24ClNO. The highest BCUT2D eigenvalue weighted by atomic mass is 35.5. The van der Waals surface area contributed by atoms with Crippen LogP contribution in [0, 0.1) is 11.8 Å². The summed E-state index contributed by atoms with van der Waals surface area (Å²) in [4.78, 5) is 0. The Bertz CT molecular complexity index is 484. The van der Waals surface area contributed by atoms with Crippen molar-refractivity contribution in [3.05, 3.63) is 34.9 Å². The summed E-state index contributed by atoms with van der Waals surface area (Å²) in [5.41, 5.74) is 1.44. The number of rotatable bonds is 5. The van der Waals surface area contributed by atoms with Gasteiger partial charge < -0.3 is 10.1 Å². The molecule has 2 bridgehead atoms. The van der Waals surface area contributed by atoms with E-state index in [9.17, 15) is 0 Å². The van der Waals surface area contributed by atoms with Gasteiger partial charge in [-0.3, -0.25) is 0 Å². The van der Waals surface area contributed by atoms with Crippen molar-refractivity contribution in [2.75, 3.05) is 13.2 Å². The van der Waals surface area contributed by atoms with Crippen LogP contribution in [-0.2, 0) is 4.74 Å². The SMILES string of the molecule is Clc1ccc([C@H]2C[C@@H]3CC[C@@H](N3)[C@@H]2COCC2CC2)cc1. The Labute approximate surface area is 132 Å². The van der Waals surface area contributed by atoms with E-state index in [4.69, 9.17) is 16.3 Å². The van der Waals surface area contributed by atoms with Crippen molar-refractivity contribution >= 4 is 11.6 Å². The summed E-state index contributed by atoms with van der Waals surface area (Å²) in [7, 11) is 0. The van der Waals surface area contributed by atoms with Gasteiger partial charge in [0.15, 0.2) is 0 Å². The smallest absolute Gasteiger partial charge is 0.0515 e. The summed E-state index contributed by atoms with van der Waals surface area (Å²) in [6, 6.07) is 9.84. The van der Waals surface area contributed by atoms with Gasteiger partial charge in [0, 0.05) is 29.6 Å². The zero-order chi connectivity index (χ0) is 14.2. The van der Waals surface area contributed by atoms with Gasteiger partial charge >= 0.3 is 0 Å². The first-order chi connectivity index (χ1) is 10.3. The molecule has 0 aromatic heterocycles. The summed E-state index contributed by atoms with van der Waals surface area (Å²) in [5.74, 6) is 2.09. The van der Waals surface area contributed by atoms with Crippen LogP contribution in [0.25, 0.3) is 0 Å². The first kappa shape index (κ1) is 14.0. The Morgan fingerprint density at radius 2 is 1.86 bits per heavy atom. The minimum atomic E-state index is 0.615. The van der Waals surface area contributed by atoms with Gasteiger partial charge in [0.2, 0.25) is 0 Å². The van der Waals surface area contributed by atoms with Gasteiger partial charge in [-0.2, -0.15) is 0 Å². The first-order valence-corrected chi connectivity index (χ1v) is 8.76. The predicted octanol–water partition coefficient (Wildman–Crippen LogP) is 3.99. The van der Waals surface area contributed by atoms with E-state index >= 15 is 0 Å². The lowest BCUT2D eigenvalue weighted by molar-refractivity contribution is 0.0586. The fraction of sp³-hybridized carbons (Fsp3) is 0.667.